The Kier molecular flexibility index (Phi) is 2.70. The van der Waals surface area contributed by atoms with Gasteiger partial charge in [-0.25, -0.2) is 0 Å². The zero-order valence-electron chi connectivity index (χ0n) is 7.81. The molecular formula is C11H14BrN. The second kappa shape index (κ2) is 3.81. The monoisotopic (exact) mass is 239 g/mol. The van der Waals surface area contributed by atoms with E-state index in [4.69, 9.17) is 0 Å². The average Bonchev–Trinajstić information content (AvgIpc) is 2.29. The van der Waals surface area contributed by atoms with Crippen molar-refractivity contribution in [2.45, 2.75) is 25.8 Å². The molecule has 2 rings (SSSR count). The van der Waals surface area contributed by atoms with Crippen molar-refractivity contribution in [1.82, 2.24) is 5.32 Å². The van der Waals surface area contributed by atoms with Crippen molar-refractivity contribution in [3.05, 3.63) is 33.8 Å². The number of hydrogen-bond acceptors (Lipinski definition) is 1. The molecule has 0 fully saturated rings. The van der Waals surface area contributed by atoms with Crippen molar-refractivity contribution in [2.75, 3.05) is 6.54 Å². The van der Waals surface area contributed by atoms with E-state index in [2.05, 4.69) is 46.4 Å². The lowest BCUT2D eigenvalue weighted by Gasteiger charge is -2.11. The highest BCUT2D eigenvalue weighted by molar-refractivity contribution is 9.10. The molecule has 0 amide bonds. The third-order valence-corrected chi connectivity index (χ3v) is 3.20. The molecule has 13 heavy (non-hydrogen) atoms. The highest BCUT2D eigenvalue weighted by Crippen LogP contribution is 2.27. The van der Waals surface area contributed by atoms with Crippen LogP contribution in [-0.2, 0) is 6.54 Å². The minimum absolute atomic E-state index is 0.683. The number of nitrogens with one attached hydrogen (secondary N) is 1. The summed E-state index contributed by atoms with van der Waals surface area (Å²) in [5.41, 5.74) is 2.95. The fourth-order valence-corrected chi connectivity index (χ4v) is 2.26. The van der Waals surface area contributed by atoms with Gasteiger partial charge in [0.1, 0.15) is 0 Å². The topological polar surface area (TPSA) is 12.0 Å². The second-order valence-electron chi connectivity index (χ2n) is 3.71. The lowest BCUT2D eigenvalue weighted by molar-refractivity contribution is 0.630. The molecule has 0 radical (unpaired) electrons. The van der Waals surface area contributed by atoms with Crippen molar-refractivity contribution in [3.63, 3.8) is 0 Å². The zero-order valence-corrected chi connectivity index (χ0v) is 9.39. The molecule has 0 aromatic heterocycles. The largest absolute Gasteiger partial charge is 0.313 e. The average molecular weight is 240 g/mol. The van der Waals surface area contributed by atoms with Crippen LogP contribution in [0, 0.1) is 0 Å². The SMILES string of the molecule is CC1CCNCc2ccc(Br)cc21. The summed E-state index contributed by atoms with van der Waals surface area (Å²) in [5, 5.41) is 3.44. The van der Waals surface area contributed by atoms with Gasteiger partial charge < -0.3 is 5.32 Å². The first kappa shape index (κ1) is 9.22. The zero-order chi connectivity index (χ0) is 9.26. The summed E-state index contributed by atoms with van der Waals surface area (Å²) in [4.78, 5) is 0. The molecule has 0 saturated carbocycles. The molecule has 1 aliphatic rings. The molecule has 1 N–H and O–H groups in total. The van der Waals surface area contributed by atoms with Crippen LogP contribution in [0.25, 0.3) is 0 Å². The van der Waals surface area contributed by atoms with E-state index in [-0.39, 0.29) is 0 Å². The van der Waals surface area contributed by atoms with E-state index in [9.17, 15) is 0 Å². The van der Waals surface area contributed by atoms with E-state index >= 15 is 0 Å². The van der Waals surface area contributed by atoms with E-state index in [1.54, 1.807) is 0 Å². The Bertz CT molecular complexity index is 309. The van der Waals surface area contributed by atoms with Crippen LogP contribution < -0.4 is 5.32 Å². The molecule has 1 atom stereocenters. The first-order chi connectivity index (χ1) is 6.27. The normalized spacial score (nSPS) is 22.2. The summed E-state index contributed by atoms with van der Waals surface area (Å²) in [6, 6.07) is 6.60. The molecule has 0 bridgehead atoms. The summed E-state index contributed by atoms with van der Waals surface area (Å²) in [5.74, 6) is 0.683. The van der Waals surface area contributed by atoms with Gasteiger partial charge in [0.15, 0.2) is 0 Å². The molecular weight excluding hydrogens is 226 g/mol. The smallest absolute Gasteiger partial charge is 0.0208 e. The molecule has 1 aromatic carbocycles. The minimum Gasteiger partial charge on any atom is -0.313 e. The standard InChI is InChI=1S/C11H14BrN/c1-8-4-5-13-7-9-2-3-10(12)6-11(8)9/h2-3,6,8,13H,4-5,7H2,1H3. The third-order valence-electron chi connectivity index (χ3n) is 2.71. The molecule has 2 heteroatoms. The van der Waals surface area contributed by atoms with Gasteiger partial charge in [0.25, 0.3) is 0 Å². The Balaban J connectivity index is 2.43. The van der Waals surface area contributed by atoms with Crippen molar-refractivity contribution < 1.29 is 0 Å². The molecule has 1 heterocycles. The van der Waals surface area contributed by atoms with Crippen LogP contribution in [0.1, 0.15) is 30.4 Å². The number of halogens is 1. The summed E-state index contributed by atoms with van der Waals surface area (Å²) < 4.78 is 1.19. The predicted octanol–water partition coefficient (Wildman–Crippen LogP) is 3.05. The van der Waals surface area contributed by atoms with Gasteiger partial charge in [-0.15, -0.1) is 0 Å². The molecule has 1 nitrogen and oxygen atoms in total. The highest BCUT2D eigenvalue weighted by atomic mass is 79.9. The maximum atomic E-state index is 3.52. The first-order valence-electron chi connectivity index (χ1n) is 4.76. The molecule has 0 saturated heterocycles. The van der Waals surface area contributed by atoms with Gasteiger partial charge in [0, 0.05) is 11.0 Å². The van der Waals surface area contributed by atoms with Gasteiger partial charge >= 0.3 is 0 Å². The van der Waals surface area contributed by atoms with Gasteiger partial charge in [-0.1, -0.05) is 28.9 Å². The first-order valence-corrected chi connectivity index (χ1v) is 5.55. The summed E-state index contributed by atoms with van der Waals surface area (Å²) in [7, 11) is 0. The Morgan fingerprint density at radius 2 is 2.31 bits per heavy atom. The van der Waals surface area contributed by atoms with Gasteiger partial charge in [-0.2, -0.15) is 0 Å². The van der Waals surface area contributed by atoms with Crippen LogP contribution >= 0.6 is 15.9 Å². The Morgan fingerprint density at radius 3 is 3.15 bits per heavy atom. The summed E-state index contributed by atoms with van der Waals surface area (Å²) in [6.45, 7) is 4.46. The fraction of sp³-hybridized carbons (Fsp3) is 0.455. The van der Waals surface area contributed by atoms with Gasteiger partial charge in [0.2, 0.25) is 0 Å². The minimum atomic E-state index is 0.683. The molecule has 1 aliphatic heterocycles. The van der Waals surface area contributed by atoms with E-state index in [1.807, 2.05) is 0 Å². The van der Waals surface area contributed by atoms with Crippen LogP contribution in [0.4, 0.5) is 0 Å². The molecule has 1 aromatic rings. The molecule has 0 aliphatic carbocycles. The fourth-order valence-electron chi connectivity index (χ4n) is 1.88. The quantitative estimate of drug-likeness (QED) is 0.734. The van der Waals surface area contributed by atoms with Gasteiger partial charge in [-0.05, 0) is 42.1 Å². The van der Waals surface area contributed by atoms with Crippen LogP contribution in [0.3, 0.4) is 0 Å². The van der Waals surface area contributed by atoms with Gasteiger partial charge in [-0.3, -0.25) is 0 Å². The van der Waals surface area contributed by atoms with Crippen molar-refractivity contribution in [3.8, 4) is 0 Å². The number of hydrogen-bond donors (Lipinski definition) is 1. The number of benzene rings is 1. The van der Waals surface area contributed by atoms with Crippen molar-refractivity contribution >= 4 is 15.9 Å². The third kappa shape index (κ3) is 1.94. The lowest BCUT2D eigenvalue weighted by Crippen LogP contribution is -2.12. The van der Waals surface area contributed by atoms with E-state index in [0.29, 0.717) is 5.92 Å². The Hall–Kier alpha value is -0.340. The predicted molar refractivity (Wildman–Crippen MR) is 58.9 cm³/mol. The van der Waals surface area contributed by atoms with Gasteiger partial charge in [0.05, 0.1) is 0 Å². The van der Waals surface area contributed by atoms with Crippen molar-refractivity contribution in [1.29, 1.82) is 0 Å². The Labute approximate surface area is 87.7 Å². The molecule has 70 valence electrons. The van der Waals surface area contributed by atoms with Crippen LogP contribution in [0.2, 0.25) is 0 Å². The Morgan fingerprint density at radius 1 is 1.46 bits per heavy atom. The summed E-state index contributed by atoms with van der Waals surface area (Å²) >= 11 is 3.52. The maximum absolute atomic E-state index is 3.52. The molecule has 0 spiro atoms. The van der Waals surface area contributed by atoms with E-state index in [1.165, 1.54) is 22.0 Å². The second-order valence-corrected chi connectivity index (χ2v) is 4.63. The van der Waals surface area contributed by atoms with Crippen LogP contribution in [-0.4, -0.2) is 6.54 Å². The van der Waals surface area contributed by atoms with E-state index < -0.39 is 0 Å². The van der Waals surface area contributed by atoms with Crippen LogP contribution in [0.5, 0.6) is 0 Å². The summed E-state index contributed by atoms with van der Waals surface area (Å²) in [6.07, 6.45) is 1.24. The number of rotatable bonds is 0. The maximum Gasteiger partial charge on any atom is 0.0208 e. The van der Waals surface area contributed by atoms with E-state index in [0.717, 1.165) is 13.1 Å². The van der Waals surface area contributed by atoms with Crippen molar-refractivity contribution in [2.24, 2.45) is 0 Å². The number of fused-ring (bicyclic) bond motifs is 1. The highest BCUT2D eigenvalue weighted by Gasteiger charge is 2.13. The van der Waals surface area contributed by atoms with Crippen LogP contribution in [0.15, 0.2) is 22.7 Å². The lowest BCUT2D eigenvalue weighted by atomic mass is 9.95. The molecule has 1 unspecified atom stereocenters.